The van der Waals surface area contributed by atoms with Crippen molar-refractivity contribution in [2.45, 2.75) is 18.1 Å². The van der Waals surface area contributed by atoms with Crippen LogP contribution >= 0.6 is 11.8 Å². The molecule has 1 saturated heterocycles. The second-order valence-corrected chi connectivity index (χ2v) is 5.62. The molecule has 1 fully saturated rings. The number of nitrogens with zero attached hydrogens (tertiary/aromatic N) is 1. The monoisotopic (exact) mass is 252 g/mol. The van der Waals surface area contributed by atoms with Crippen LogP contribution in [0.3, 0.4) is 0 Å². The molecule has 1 atom stereocenters. The zero-order valence-electron chi connectivity index (χ0n) is 9.81. The third-order valence-corrected chi connectivity index (χ3v) is 4.26. The van der Waals surface area contributed by atoms with Crippen LogP contribution in [-0.2, 0) is 7.05 Å². The second-order valence-electron chi connectivity index (χ2n) is 4.21. The molecule has 5 heteroatoms. The first-order valence-electron chi connectivity index (χ1n) is 5.73. The molecule has 4 nitrogen and oxygen atoms in total. The summed E-state index contributed by atoms with van der Waals surface area (Å²) in [7, 11) is 1.64. The summed E-state index contributed by atoms with van der Waals surface area (Å²) >= 11 is 1.92. The molecular formula is C12H16N2O2S. The van der Waals surface area contributed by atoms with Gasteiger partial charge in [0, 0.05) is 31.1 Å². The predicted octanol–water partition coefficient (Wildman–Crippen LogP) is 1.01. The van der Waals surface area contributed by atoms with Crippen molar-refractivity contribution in [1.82, 2.24) is 9.88 Å². The van der Waals surface area contributed by atoms with Crippen LogP contribution in [0.2, 0.25) is 0 Å². The Bertz CT molecular complexity index is 464. The van der Waals surface area contributed by atoms with E-state index in [0.29, 0.717) is 17.4 Å². The summed E-state index contributed by atoms with van der Waals surface area (Å²) in [5.74, 6) is 1.09. The molecule has 0 saturated carbocycles. The first kappa shape index (κ1) is 12.2. The number of rotatable bonds is 3. The van der Waals surface area contributed by atoms with Crippen molar-refractivity contribution in [3.63, 3.8) is 0 Å². The first-order chi connectivity index (χ1) is 8.16. The van der Waals surface area contributed by atoms with E-state index < -0.39 is 0 Å². The van der Waals surface area contributed by atoms with Crippen LogP contribution in [0, 0.1) is 0 Å². The summed E-state index contributed by atoms with van der Waals surface area (Å²) in [6.07, 6.45) is 3.99. The lowest BCUT2D eigenvalue weighted by molar-refractivity contribution is 0.0953. The largest absolute Gasteiger partial charge is 0.351 e. The predicted molar refractivity (Wildman–Crippen MR) is 69.5 cm³/mol. The number of aryl methyl sites for hydroxylation is 1. The highest BCUT2D eigenvalue weighted by Crippen LogP contribution is 2.25. The maximum absolute atomic E-state index is 11.8. The van der Waals surface area contributed by atoms with Gasteiger partial charge in [0.1, 0.15) is 0 Å². The van der Waals surface area contributed by atoms with Crippen molar-refractivity contribution < 1.29 is 4.79 Å². The second kappa shape index (κ2) is 5.40. The number of hydrogen-bond donors (Lipinski definition) is 1. The topological polar surface area (TPSA) is 51.1 Å². The number of amides is 1. The highest BCUT2D eigenvalue weighted by atomic mass is 32.2. The lowest BCUT2D eigenvalue weighted by atomic mass is 10.2. The summed E-state index contributed by atoms with van der Waals surface area (Å²) in [6.45, 7) is 0.715. The van der Waals surface area contributed by atoms with E-state index >= 15 is 0 Å². The maximum atomic E-state index is 11.8. The molecule has 0 radical (unpaired) electrons. The average Bonchev–Trinajstić information content (AvgIpc) is 2.82. The first-order valence-corrected chi connectivity index (χ1v) is 6.78. The SMILES string of the molecule is Cn1cc(C(=O)NCC2CCCS2)ccc1=O. The van der Waals surface area contributed by atoms with Crippen molar-refractivity contribution in [3.05, 3.63) is 34.2 Å². The van der Waals surface area contributed by atoms with Gasteiger partial charge >= 0.3 is 0 Å². The third kappa shape index (κ3) is 3.12. The van der Waals surface area contributed by atoms with Crippen LogP contribution in [0.1, 0.15) is 23.2 Å². The van der Waals surface area contributed by atoms with E-state index in [0.717, 1.165) is 0 Å². The summed E-state index contributed by atoms with van der Waals surface area (Å²) in [6, 6.07) is 2.98. The molecule has 1 aliphatic rings. The van der Waals surface area contributed by atoms with Gasteiger partial charge in [-0.1, -0.05) is 0 Å². The zero-order chi connectivity index (χ0) is 12.3. The molecule has 1 aliphatic heterocycles. The fraction of sp³-hybridized carbons (Fsp3) is 0.500. The normalized spacial score (nSPS) is 19.2. The maximum Gasteiger partial charge on any atom is 0.252 e. The Kier molecular flexibility index (Phi) is 3.89. The molecule has 0 bridgehead atoms. The van der Waals surface area contributed by atoms with Crippen LogP contribution < -0.4 is 10.9 Å². The number of thioether (sulfide) groups is 1. The molecule has 17 heavy (non-hydrogen) atoms. The van der Waals surface area contributed by atoms with E-state index in [1.54, 1.807) is 19.3 Å². The van der Waals surface area contributed by atoms with Gasteiger partial charge in [0.05, 0.1) is 5.56 Å². The van der Waals surface area contributed by atoms with Gasteiger partial charge in [-0.3, -0.25) is 9.59 Å². The highest BCUT2D eigenvalue weighted by Gasteiger charge is 2.16. The van der Waals surface area contributed by atoms with Crippen molar-refractivity contribution in [2.24, 2.45) is 7.05 Å². The molecule has 0 spiro atoms. The van der Waals surface area contributed by atoms with Crippen LogP contribution in [0.25, 0.3) is 0 Å². The van der Waals surface area contributed by atoms with E-state index in [2.05, 4.69) is 5.32 Å². The number of nitrogens with one attached hydrogen (secondary N) is 1. The summed E-state index contributed by atoms with van der Waals surface area (Å²) < 4.78 is 1.42. The lowest BCUT2D eigenvalue weighted by Gasteiger charge is -2.10. The number of carbonyl (C=O) groups is 1. The fourth-order valence-electron chi connectivity index (χ4n) is 1.84. The third-order valence-electron chi connectivity index (χ3n) is 2.86. The van der Waals surface area contributed by atoms with Crippen molar-refractivity contribution in [2.75, 3.05) is 12.3 Å². The molecule has 2 heterocycles. The van der Waals surface area contributed by atoms with E-state index in [4.69, 9.17) is 0 Å². The minimum absolute atomic E-state index is 0.104. The Morgan fingerprint density at radius 1 is 1.59 bits per heavy atom. The van der Waals surface area contributed by atoms with E-state index in [9.17, 15) is 9.59 Å². The molecule has 0 aromatic carbocycles. The standard InChI is InChI=1S/C12H16N2O2S/c1-14-8-9(4-5-11(14)15)12(16)13-7-10-3-2-6-17-10/h4-5,8,10H,2-3,6-7H2,1H3,(H,13,16). The van der Waals surface area contributed by atoms with Gasteiger partial charge in [0.15, 0.2) is 0 Å². The van der Waals surface area contributed by atoms with Crippen molar-refractivity contribution in [3.8, 4) is 0 Å². The van der Waals surface area contributed by atoms with Crippen molar-refractivity contribution in [1.29, 1.82) is 0 Å². The lowest BCUT2D eigenvalue weighted by Crippen LogP contribution is -2.30. The Morgan fingerprint density at radius 3 is 3.06 bits per heavy atom. The molecule has 1 unspecified atom stereocenters. The summed E-state index contributed by atoms with van der Waals surface area (Å²) in [5, 5.41) is 3.46. The van der Waals surface area contributed by atoms with Crippen molar-refractivity contribution >= 4 is 17.7 Å². The van der Waals surface area contributed by atoms with Gasteiger partial charge < -0.3 is 9.88 Å². The fourth-order valence-corrected chi connectivity index (χ4v) is 3.04. The van der Waals surface area contributed by atoms with Gasteiger partial charge in [0.25, 0.3) is 5.91 Å². The van der Waals surface area contributed by atoms with Crippen LogP contribution in [0.5, 0.6) is 0 Å². The number of aromatic nitrogens is 1. The minimum atomic E-state index is -0.104. The molecule has 1 aromatic heterocycles. The molecule has 92 valence electrons. The van der Waals surface area contributed by atoms with E-state index in [1.807, 2.05) is 11.8 Å². The number of carbonyl (C=O) groups excluding carboxylic acids is 1. The van der Waals surface area contributed by atoms with Gasteiger partial charge in [-0.05, 0) is 24.7 Å². The molecular weight excluding hydrogens is 236 g/mol. The highest BCUT2D eigenvalue weighted by molar-refractivity contribution is 8.00. The number of hydrogen-bond acceptors (Lipinski definition) is 3. The summed E-state index contributed by atoms with van der Waals surface area (Å²) in [4.78, 5) is 23.0. The Labute approximate surface area is 104 Å². The zero-order valence-corrected chi connectivity index (χ0v) is 10.6. The minimum Gasteiger partial charge on any atom is -0.351 e. The average molecular weight is 252 g/mol. The molecule has 2 rings (SSSR count). The van der Waals surface area contributed by atoms with E-state index in [1.165, 1.54) is 29.2 Å². The van der Waals surface area contributed by atoms with Crippen LogP contribution in [0.4, 0.5) is 0 Å². The van der Waals surface area contributed by atoms with E-state index in [-0.39, 0.29) is 11.5 Å². The van der Waals surface area contributed by atoms with Gasteiger partial charge in [-0.25, -0.2) is 0 Å². The number of pyridine rings is 1. The molecule has 1 N–H and O–H groups in total. The quantitative estimate of drug-likeness (QED) is 0.873. The smallest absolute Gasteiger partial charge is 0.252 e. The Morgan fingerprint density at radius 2 is 2.41 bits per heavy atom. The van der Waals surface area contributed by atoms with Crippen LogP contribution in [-0.4, -0.2) is 28.0 Å². The van der Waals surface area contributed by atoms with Gasteiger partial charge in [-0.15, -0.1) is 0 Å². The van der Waals surface area contributed by atoms with Gasteiger partial charge in [0.2, 0.25) is 5.56 Å². The summed E-state index contributed by atoms with van der Waals surface area (Å²) in [5.41, 5.74) is 0.433. The molecule has 1 aromatic rings. The Balaban J connectivity index is 1.94. The van der Waals surface area contributed by atoms with Gasteiger partial charge in [-0.2, -0.15) is 11.8 Å². The molecule has 1 amide bonds. The Hall–Kier alpha value is -1.23. The molecule has 0 aliphatic carbocycles. The van der Waals surface area contributed by atoms with Crippen LogP contribution in [0.15, 0.2) is 23.1 Å².